The molecule has 0 radical (unpaired) electrons. The molecule has 4 nitrogen and oxygen atoms in total. The maximum atomic E-state index is 10.4. The lowest BCUT2D eigenvalue weighted by Crippen LogP contribution is -2.49. The van der Waals surface area contributed by atoms with Gasteiger partial charge >= 0.3 is 0 Å². The third-order valence-corrected chi connectivity index (χ3v) is 4.33. The predicted molar refractivity (Wildman–Crippen MR) is 76.7 cm³/mol. The van der Waals surface area contributed by atoms with Crippen molar-refractivity contribution in [2.45, 2.75) is 25.0 Å². The standard InChI is InChI=1S/C16H15N3O/c1-16(20)6-12-11-3-2-4-13-15(11)10(7-18-13)5-14(12)19(8-16)9-17/h2-4,6-7,14,18,20H,5,8H2,1H3/t14-,16+/m1/s1. The van der Waals surface area contributed by atoms with Gasteiger partial charge < -0.3 is 10.1 Å². The highest BCUT2D eigenvalue weighted by atomic mass is 16.3. The number of rotatable bonds is 0. The van der Waals surface area contributed by atoms with E-state index in [9.17, 15) is 10.4 Å². The van der Waals surface area contributed by atoms with Crippen molar-refractivity contribution in [3.05, 3.63) is 41.6 Å². The monoisotopic (exact) mass is 265 g/mol. The molecule has 2 heterocycles. The fourth-order valence-electron chi connectivity index (χ4n) is 3.55. The van der Waals surface area contributed by atoms with E-state index in [4.69, 9.17) is 0 Å². The van der Waals surface area contributed by atoms with Gasteiger partial charge in [0.25, 0.3) is 0 Å². The third-order valence-electron chi connectivity index (χ3n) is 4.33. The number of nitrogens with zero attached hydrogens (tertiary/aromatic N) is 2. The molecule has 1 aromatic carbocycles. The lowest BCUT2D eigenvalue weighted by molar-refractivity contribution is 0.0656. The number of aromatic nitrogens is 1. The number of benzene rings is 1. The quantitative estimate of drug-likeness (QED) is 0.716. The molecule has 100 valence electrons. The van der Waals surface area contributed by atoms with E-state index in [1.165, 1.54) is 10.9 Å². The molecule has 2 aromatic rings. The van der Waals surface area contributed by atoms with Crippen LogP contribution < -0.4 is 0 Å². The Morgan fingerprint density at radius 1 is 1.50 bits per heavy atom. The van der Waals surface area contributed by atoms with Gasteiger partial charge in [0, 0.05) is 17.1 Å². The predicted octanol–water partition coefficient (Wildman–Crippen LogP) is 2.02. The van der Waals surface area contributed by atoms with Gasteiger partial charge in [0.15, 0.2) is 6.19 Å². The Morgan fingerprint density at radius 3 is 3.15 bits per heavy atom. The first-order valence-electron chi connectivity index (χ1n) is 6.80. The van der Waals surface area contributed by atoms with Gasteiger partial charge in [-0.15, -0.1) is 0 Å². The number of aromatic amines is 1. The normalized spacial score (nSPS) is 27.9. The van der Waals surface area contributed by atoms with Crippen LogP contribution in [0, 0.1) is 11.5 Å². The Hall–Kier alpha value is -2.25. The molecule has 2 atom stereocenters. The van der Waals surface area contributed by atoms with Gasteiger partial charge in [0.2, 0.25) is 0 Å². The second kappa shape index (κ2) is 3.65. The average Bonchev–Trinajstić information content (AvgIpc) is 2.83. The van der Waals surface area contributed by atoms with Crippen LogP contribution in [0.2, 0.25) is 0 Å². The minimum Gasteiger partial charge on any atom is -0.384 e. The number of fused-ring (bicyclic) bond motifs is 2. The van der Waals surface area contributed by atoms with Crippen molar-refractivity contribution in [3.8, 4) is 6.19 Å². The fraction of sp³-hybridized carbons (Fsp3) is 0.312. The third kappa shape index (κ3) is 1.44. The number of β-amino-alcohol motifs (C(OH)–C–C–N with tert-alkyl or cyclic N) is 1. The van der Waals surface area contributed by atoms with E-state index >= 15 is 0 Å². The van der Waals surface area contributed by atoms with Gasteiger partial charge in [0.1, 0.15) is 0 Å². The summed E-state index contributed by atoms with van der Waals surface area (Å²) < 4.78 is 0. The number of nitriles is 1. The van der Waals surface area contributed by atoms with E-state index in [1.54, 1.807) is 11.8 Å². The van der Waals surface area contributed by atoms with Crippen molar-refractivity contribution >= 4 is 16.5 Å². The molecule has 0 saturated carbocycles. The summed E-state index contributed by atoms with van der Waals surface area (Å²) in [6.07, 6.45) is 7.01. The highest BCUT2D eigenvalue weighted by Gasteiger charge is 2.38. The Labute approximate surface area is 116 Å². The smallest absolute Gasteiger partial charge is 0.180 e. The van der Waals surface area contributed by atoms with Crippen LogP contribution >= 0.6 is 0 Å². The lowest BCUT2D eigenvalue weighted by atomic mass is 9.79. The molecule has 4 heteroatoms. The Morgan fingerprint density at radius 2 is 2.35 bits per heavy atom. The molecule has 2 N–H and O–H groups in total. The number of hydrogen-bond donors (Lipinski definition) is 2. The minimum atomic E-state index is -0.961. The van der Waals surface area contributed by atoms with Crippen LogP contribution in [0.1, 0.15) is 18.1 Å². The Bertz CT molecular complexity index is 779. The van der Waals surface area contributed by atoms with Gasteiger partial charge in [-0.25, -0.2) is 0 Å². The molecule has 4 rings (SSSR count). The molecule has 0 bridgehead atoms. The minimum absolute atomic E-state index is 0.0362. The molecule has 2 aliphatic rings. The van der Waals surface area contributed by atoms with Crippen LogP contribution in [0.5, 0.6) is 0 Å². The lowest BCUT2D eigenvalue weighted by Gasteiger charge is -2.41. The van der Waals surface area contributed by atoms with Crippen LogP contribution in [0.4, 0.5) is 0 Å². The fourth-order valence-corrected chi connectivity index (χ4v) is 3.55. The van der Waals surface area contributed by atoms with E-state index in [0.717, 1.165) is 23.1 Å². The van der Waals surface area contributed by atoms with Crippen molar-refractivity contribution in [3.63, 3.8) is 0 Å². The molecular weight excluding hydrogens is 250 g/mol. The van der Waals surface area contributed by atoms with E-state index in [1.807, 2.05) is 18.3 Å². The second-order valence-electron chi connectivity index (χ2n) is 5.95. The van der Waals surface area contributed by atoms with Crippen molar-refractivity contribution in [2.24, 2.45) is 0 Å². The van der Waals surface area contributed by atoms with E-state index in [2.05, 4.69) is 23.3 Å². The molecule has 1 aromatic heterocycles. The van der Waals surface area contributed by atoms with E-state index in [-0.39, 0.29) is 6.04 Å². The molecule has 0 saturated heterocycles. The molecule has 0 fully saturated rings. The summed E-state index contributed by atoms with van der Waals surface area (Å²) in [6.45, 7) is 2.11. The molecule has 0 amide bonds. The van der Waals surface area contributed by atoms with Crippen LogP contribution in [-0.4, -0.2) is 33.2 Å². The first-order valence-corrected chi connectivity index (χ1v) is 6.80. The number of hydrogen-bond acceptors (Lipinski definition) is 3. The zero-order valence-corrected chi connectivity index (χ0v) is 11.2. The van der Waals surface area contributed by atoms with Crippen LogP contribution in [0.25, 0.3) is 16.5 Å². The molecular formula is C16H15N3O. The van der Waals surface area contributed by atoms with Crippen molar-refractivity contribution in [1.29, 1.82) is 5.26 Å². The van der Waals surface area contributed by atoms with Crippen molar-refractivity contribution in [2.75, 3.05) is 6.54 Å². The van der Waals surface area contributed by atoms with Crippen LogP contribution in [0.15, 0.2) is 30.5 Å². The zero-order valence-electron chi connectivity index (χ0n) is 11.2. The summed E-state index contributed by atoms with van der Waals surface area (Å²) in [5, 5.41) is 21.0. The first kappa shape index (κ1) is 11.6. The zero-order chi connectivity index (χ0) is 13.9. The van der Waals surface area contributed by atoms with Crippen molar-refractivity contribution in [1.82, 2.24) is 9.88 Å². The van der Waals surface area contributed by atoms with Gasteiger partial charge in [-0.2, -0.15) is 5.26 Å². The summed E-state index contributed by atoms with van der Waals surface area (Å²) in [5.74, 6) is 0. The topological polar surface area (TPSA) is 63.0 Å². The van der Waals surface area contributed by atoms with Gasteiger partial charge in [-0.1, -0.05) is 12.1 Å². The van der Waals surface area contributed by atoms with E-state index in [0.29, 0.717) is 6.54 Å². The number of H-pyrrole nitrogens is 1. The summed E-state index contributed by atoms with van der Waals surface area (Å²) in [5.41, 5.74) is 3.61. The summed E-state index contributed by atoms with van der Waals surface area (Å²) >= 11 is 0. The SMILES string of the molecule is C[C@]1(O)C=C2c3cccc4[nH]cc(c34)C[C@H]2N(C#N)C1. The largest absolute Gasteiger partial charge is 0.384 e. The Kier molecular flexibility index (Phi) is 2.11. The summed E-state index contributed by atoms with van der Waals surface area (Å²) in [6, 6.07) is 6.19. The van der Waals surface area contributed by atoms with Crippen LogP contribution in [-0.2, 0) is 6.42 Å². The van der Waals surface area contributed by atoms with Gasteiger partial charge in [-0.3, -0.25) is 4.90 Å². The summed E-state index contributed by atoms with van der Waals surface area (Å²) in [7, 11) is 0. The maximum Gasteiger partial charge on any atom is 0.180 e. The molecule has 1 aliphatic heterocycles. The molecule has 0 spiro atoms. The van der Waals surface area contributed by atoms with Crippen molar-refractivity contribution < 1.29 is 5.11 Å². The first-order chi connectivity index (χ1) is 9.59. The number of aliphatic hydroxyl groups is 1. The van der Waals surface area contributed by atoms with Gasteiger partial charge in [-0.05, 0) is 42.2 Å². The highest BCUT2D eigenvalue weighted by Crippen LogP contribution is 2.41. The second-order valence-corrected chi connectivity index (χ2v) is 5.95. The van der Waals surface area contributed by atoms with Gasteiger partial charge in [0.05, 0.1) is 18.2 Å². The Balaban J connectivity index is 2.01. The number of nitrogens with one attached hydrogen (secondary N) is 1. The maximum absolute atomic E-state index is 10.4. The molecule has 0 unspecified atom stereocenters. The molecule has 20 heavy (non-hydrogen) atoms. The van der Waals surface area contributed by atoms with Crippen LogP contribution in [0.3, 0.4) is 0 Å². The molecule has 1 aliphatic carbocycles. The van der Waals surface area contributed by atoms with E-state index < -0.39 is 5.60 Å². The summed E-state index contributed by atoms with van der Waals surface area (Å²) in [4.78, 5) is 4.99. The average molecular weight is 265 g/mol. The highest BCUT2D eigenvalue weighted by molar-refractivity contribution is 5.98.